The first-order valence-electron chi connectivity index (χ1n) is 4.95. The minimum absolute atomic E-state index is 0.120. The smallest absolute Gasteiger partial charge is 0.257 e. The fraction of sp³-hybridized carbons (Fsp3) is 0.250. The maximum Gasteiger partial charge on any atom is 0.257 e. The van der Waals surface area contributed by atoms with Crippen molar-refractivity contribution in [3.05, 3.63) is 48.1 Å². The Labute approximate surface area is 93.2 Å². The van der Waals surface area contributed by atoms with Gasteiger partial charge in [0.1, 0.15) is 11.6 Å². The van der Waals surface area contributed by atoms with Gasteiger partial charge in [0.05, 0.1) is 5.56 Å². The van der Waals surface area contributed by atoms with Gasteiger partial charge in [-0.1, -0.05) is 6.08 Å². The summed E-state index contributed by atoms with van der Waals surface area (Å²) in [5.41, 5.74) is -0.120. The van der Waals surface area contributed by atoms with Gasteiger partial charge < -0.3 is 4.90 Å². The molecule has 0 fully saturated rings. The Balaban J connectivity index is 2.98. The van der Waals surface area contributed by atoms with E-state index in [-0.39, 0.29) is 5.56 Å². The maximum absolute atomic E-state index is 13.3. The van der Waals surface area contributed by atoms with Gasteiger partial charge in [0.15, 0.2) is 0 Å². The highest BCUT2D eigenvalue weighted by atomic mass is 19.1. The first-order valence-corrected chi connectivity index (χ1v) is 4.95. The molecule has 0 atom stereocenters. The molecule has 0 radical (unpaired) electrons. The number of nitrogens with zero attached hydrogens (tertiary/aromatic N) is 1. The van der Waals surface area contributed by atoms with Crippen molar-refractivity contribution in [2.45, 2.75) is 6.92 Å². The minimum Gasteiger partial charge on any atom is -0.335 e. The Morgan fingerprint density at radius 1 is 1.50 bits per heavy atom. The van der Waals surface area contributed by atoms with Crippen LogP contribution in [0.15, 0.2) is 30.9 Å². The van der Waals surface area contributed by atoms with Crippen molar-refractivity contribution in [2.75, 3.05) is 13.1 Å². The van der Waals surface area contributed by atoms with Crippen molar-refractivity contribution in [3.8, 4) is 0 Å². The Bertz CT molecular complexity index is 404. The van der Waals surface area contributed by atoms with Gasteiger partial charge in [0, 0.05) is 19.2 Å². The van der Waals surface area contributed by atoms with E-state index in [4.69, 9.17) is 0 Å². The van der Waals surface area contributed by atoms with Crippen LogP contribution in [0.1, 0.15) is 17.3 Å². The Kier molecular flexibility index (Phi) is 4.17. The molecule has 0 spiro atoms. The number of hydrogen-bond acceptors (Lipinski definition) is 1. The topological polar surface area (TPSA) is 20.3 Å². The molecule has 0 aliphatic rings. The van der Waals surface area contributed by atoms with Crippen LogP contribution in [0.4, 0.5) is 8.78 Å². The maximum atomic E-state index is 13.3. The summed E-state index contributed by atoms with van der Waals surface area (Å²) in [7, 11) is 0. The number of halogens is 2. The highest BCUT2D eigenvalue weighted by Gasteiger charge is 2.17. The normalized spacial score (nSPS) is 9.94. The van der Waals surface area contributed by atoms with E-state index in [1.165, 1.54) is 4.90 Å². The predicted octanol–water partition coefficient (Wildman–Crippen LogP) is 2.61. The van der Waals surface area contributed by atoms with Gasteiger partial charge in [-0.25, -0.2) is 8.78 Å². The zero-order valence-corrected chi connectivity index (χ0v) is 9.04. The average Bonchev–Trinajstić information content (AvgIpc) is 2.25. The van der Waals surface area contributed by atoms with Crippen molar-refractivity contribution >= 4 is 5.91 Å². The third-order valence-corrected chi connectivity index (χ3v) is 2.18. The lowest BCUT2D eigenvalue weighted by Gasteiger charge is -2.19. The number of carbonyl (C=O) groups is 1. The van der Waals surface area contributed by atoms with Crippen LogP contribution in [-0.2, 0) is 0 Å². The summed E-state index contributed by atoms with van der Waals surface area (Å²) in [5.74, 6) is -1.99. The van der Waals surface area contributed by atoms with Gasteiger partial charge in [0.2, 0.25) is 0 Å². The van der Waals surface area contributed by atoms with E-state index in [1.54, 1.807) is 13.0 Å². The number of amides is 1. The minimum atomic E-state index is -0.840. The molecule has 4 heteroatoms. The van der Waals surface area contributed by atoms with Crippen LogP contribution in [0.25, 0.3) is 0 Å². The number of rotatable bonds is 4. The Morgan fingerprint density at radius 3 is 2.69 bits per heavy atom. The van der Waals surface area contributed by atoms with Gasteiger partial charge >= 0.3 is 0 Å². The van der Waals surface area contributed by atoms with E-state index in [2.05, 4.69) is 6.58 Å². The first-order chi connectivity index (χ1) is 7.60. The molecule has 0 N–H and O–H groups in total. The molecular weight excluding hydrogens is 212 g/mol. The van der Waals surface area contributed by atoms with Crippen LogP contribution < -0.4 is 0 Å². The zero-order chi connectivity index (χ0) is 12.1. The molecule has 16 heavy (non-hydrogen) atoms. The van der Waals surface area contributed by atoms with E-state index in [9.17, 15) is 13.6 Å². The van der Waals surface area contributed by atoms with E-state index in [0.717, 1.165) is 12.1 Å². The van der Waals surface area contributed by atoms with E-state index >= 15 is 0 Å². The van der Waals surface area contributed by atoms with Gasteiger partial charge in [-0.05, 0) is 19.1 Å². The molecule has 0 saturated carbocycles. The molecule has 1 rings (SSSR count). The lowest BCUT2D eigenvalue weighted by molar-refractivity contribution is 0.0777. The van der Waals surface area contributed by atoms with Crippen LogP contribution in [0.5, 0.6) is 0 Å². The molecule has 0 bridgehead atoms. The molecule has 2 nitrogen and oxygen atoms in total. The second-order valence-electron chi connectivity index (χ2n) is 3.26. The molecule has 0 aromatic heterocycles. The summed E-state index contributed by atoms with van der Waals surface area (Å²) in [4.78, 5) is 13.2. The van der Waals surface area contributed by atoms with Gasteiger partial charge in [-0.3, -0.25) is 4.79 Å². The number of benzene rings is 1. The van der Waals surface area contributed by atoms with Crippen LogP contribution in [0.3, 0.4) is 0 Å². The number of hydrogen-bond donors (Lipinski definition) is 0. The molecule has 0 heterocycles. The molecule has 1 aromatic carbocycles. The van der Waals surface area contributed by atoms with Gasteiger partial charge in [0.25, 0.3) is 5.91 Å². The quantitative estimate of drug-likeness (QED) is 0.721. The highest BCUT2D eigenvalue weighted by molar-refractivity contribution is 5.94. The summed E-state index contributed by atoms with van der Waals surface area (Å²) in [6.07, 6.45) is 1.56. The summed E-state index contributed by atoms with van der Waals surface area (Å²) in [6, 6.07) is 2.92. The third-order valence-electron chi connectivity index (χ3n) is 2.18. The fourth-order valence-electron chi connectivity index (χ4n) is 1.34. The molecule has 0 aliphatic carbocycles. The van der Waals surface area contributed by atoms with E-state index in [0.29, 0.717) is 19.2 Å². The van der Waals surface area contributed by atoms with Crippen LogP contribution in [0.2, 0.25) is 0 Å². The summed E-state index contributed by atoms with van der Waals surface area (Å²) >= 11 is 0. The molecule has 0 aliphatic heterocycles. The summed E-state index contributed by atoms with van der Waals surface area (Å²) < 4.78 is 26.0. The predicted molar refractivity (Wildman–Crippen MR) is 58.1 cm³/mol. The molecule has 1 aromatic rings. The Hall–Kier alpha value is -1.71. The molecular formula is C12H13F2NO. The molecule has 86 valence electrons. The van der Waals surface area contributed by atoms with E-state index in [1.807, 2.05) is 0 Å². The third kappa shape index (κ3) is 2.66. The lowest BCUT2D eigenvalue weighted by Crippen LogP contribution is -2.31. The van der Waals surface area contributed by atoms with Crippen molar-refractivity contribution < 1.29 is 13.6 Å². The SMILES string of the molecule is C=CCN(CC)C(=O)c1ccc(F)cc1F. The summed E-state index contributed by atoms with van der Waals surface area (Å²) in [5, 5.41) is 0. The monoisotopic (exact) mass is 225 g/mol. The Morgan fingerprint density at radius 2 is 2.19 bits per heavy atom. The van der Waals surface area contributed by atoms with Crippen molar-refractivity contribution in [3.63, 3.8) is 0 Å². The average molecular weight is 225 g/mol. The van der Waals surface area contributed by atoms with Crippen LogP contribution in [-0.4, -0.2) is 23.9 Å². The van der Waals surface area contributed by atoms with Crippen molar-refractivity contribution in [2.24, 2.45) is 0 Å². The largest absolute Gasteiger partial charge is 0.335 e. The summed E-state index contributed by atoms with van der Waals surface area (Å²) in [6.45, 7) is 6.08. The number of likely N-dealkylation sites (N-methyl/N-ethyl adjacent to an activating group) is 1. The van der Waals surface area contributed by atoms with Crippen LogP contribution >= 0.6 is 0 Å². The highest BCUT2D eigenvalue weighted by Crippen LogP contribution is 2.12. The standard InChI is InChI=1S/C12H13F2NO/c1-3-7-15(4-2)12(16)10-6-5-9(13)8-11(10)14/h3,5-6,8H,1,4,7H2,2H3. The van der Waals surface area contributed by atoms with Gasteiger partial charge in [-0.15, -0.1) is 6.58 Å². The molecule has 1 amide bonds. The van der Waals surface area contributed by atoms with Crippen molar-refractivity contribution in [1.29, 1.82) is 0 Å². The lowest BCUT2D eigenvalue weighted by atomic mass is 10.2. The second-order valence-corrected chi connectivity index (χ2v) is 3.26. The van der Waals surface area contributed by atoms with Crippen molar-refractivity contribution in [1.82, 2.24) is 4.90 Å². The zero-order valence-electron chi connectivity index (χ0n) is 9.04. The molecule has 0 unspecified atom stereocenters. The number of carbonyl (C=O) groups excluding carboxylic acids is 1. The van der Waals surface area contributed by atoms with Gasteiger partial charge in [-0.2, -0.15) is 0 Å². The van der Waals surface area contributed by atoms with E-state index < -0.39 is 17.5 Å². The van der Waals surface area contributed by atoms with Crippen LogP contribution in [0, 0.1) is 11.6 Å². The molecule has 0 saturated heterocycles. The second kappa shape index (κ2) is 5.39. The fourth-order valence-corrected chi connectivity index (χ4v) is 1.34. The first kappa shape index (κ1) is 12.4.